The van der Waals surface area contributed by atoms with Crippen molar-refractivity contribution in [1.82, 2.24) is 4.31 Å². The van der Waals surface area contributed by atoms with Crippen LogP contribution in [0.25, 0.3) is 0 Å². The molecule has 1 aromatic carbocycles. The van der Waals surface area contributed by atoms with Gasteiger partial charge in [0.15, 0.2) is 0 Å². The molecule has 2 unspecified atom stereocenters. The quantitative estimate of drug-likeness (QED) is 0.701. The number of hydrogen-bond donors (Lipinski definition) is 0. The molecule has 0 spiro atoms. The summed E-state index contributed by atoms with van der Waals surface area (Å²) in [7, 11) is -3.41. The van der Waals surface area contributed by atoms with E-state index in [1.807, 2.05) is 19.1 Å². The average Bonchev–Trinajstić information content (AvgIpc) is 3.07. The van der Waals surface area contributed by atoms with Gasteiger partial charge < -0.3 is 0 Å². The zero-order valence-corrected chi connectivity index (χ0v) is 17.7. The molecule has 1 saturated carbocycles. The number of aryl methyl sites for hydroxylation is 1. The van der Waals surface area contributed by atoms with Gasteiger partial charge in [-0.05, 0) is 56.2 Å². The average molecular weight is 374 g/mol. The standard InChI is InChI=1S/C22H31NO2S/c1-16(2)20(11-12-21(4,5)6)22-13-18(22)14-23(15-22)26(24,25)19-9-7-17(3)8-10-19/h7-12,18H,13-15H2,1-6H3/b12-11+. The fraction of sp³-hybridized carbons (Fsp3) is 0.545. The smallest absolute Gasteiger partial charge is 0.207 e. The third-order valence-corrected chi connectivity index (χ3v) is 7.42. The van der Waals surface area contributed by atoms with E-state index in [1.165, 1.54) is 11.1 Å². The van der Waals surface area contributed by atoms with Crippen molar-refractivity contribution in [1.29, 1.82) is 0 Å². The zero-order valence-electron chi connectivity index (χ0n) is 16.8. The van der Waals surface area contributed by atoms with Gasteiger partial charge >= 0.3 is 0 Å². The highest BCUT2D eigenvalue weighted by molar-refractivity contribution is 7.89. The summed E-state index contributed by atoms with van der Waals surface area (Å²) in [6.45, 7) is 14.1. The lowest BCUT2D eigenvalue weighted by Crippen LogP contribution is -2.32. The highest BCUT2D eigenvalue weighted by Gasteiger charge is 2.63. The van der Waals surface area contributed by atoms with Gasteiger partial charge in [-0.15, -0.1) is 0 Å². The number of piperidine rings is 1. The predicted molar refractivity (Wildman–Crippen MR) is 107 cm³/mol. The molecule has 0 radical (unpaired) electrons. The van der Waals surface area contributed by atoms with E-state index in [0.717, 1.165) is 12.0 Å². The minimum Gasteiger partial charge on any atom is -0.207 e. The summed E-state index contributed by atoms with van der Waals surface area (Å²) in [6, 6.07) is 7.19. The molecule has 1 aliphatic carbocycles. The van der Waals surface area contributed by atoms with Crippen molar-refractivity contribution in [2.75, 3.05) is 13.1 Å². The fourth-order valence-corrected chi connectivity index (χ4v) is 5.61. The Labute approximate surface area is 158 Å². The SMILES string of the molecule is CC(C)=C(/C=C/C(C)(C)C)C12CC1CN(S(=O)(=O)c1ccc(C)cc1)C2. The highest BCUT2D eigenvalue weighted by atomic mass is 32.2. The molecule has 1 heterocycles. The summed E-state index contributed by atoms with van der Waals surface area (Å²) in [4.78, 5) is 0.406. The molecule has 0 aromatic heterocycles. The van der Waals surface area contributed by atoms with Crippen LogP contribution in [0.3, 0.4) is 0 Å². The maximum atomic E-state index is 13.1. The normalized spacial score (nSPS) is 26.2. The second-order valence-corrected chi connectivity index (χ2v) is 11.2. The van der Waals surface area contributed by atoms with Crippen LogP contribution >= 0.6 is 0 Å². The van der Waals surface area contributed by atoms with Crippen molar-refractivity contribution in [3.8, 4) is 0 Å². The van der Waals surface area contributed by atoms with Crippen molar-refractivity contribution in [3.63, 3.8) is 0 Å². The van der Waals surface area contributed by atoms with E-state index < -0.39 is 10.0 Å². The first kappa shape index (κ1) is 19.4. The topological polar surface area (TPSA) is 37.4 Å². The summed E-state index contributed by atoms with van der Waals surface area (Å²) >= 11 is 0. The number of sulfonamides is 1. The maximum absolute atomic E-state index is 13.1. The first-order chi connectivity index (χ1) is 12.0. The van der Waals surface area contributed by atoms with E-state index in [0.29, 0.717) is 23.9 Å². The predicted octanol–water partition coefficient (Wildman–Crippen LogP) is 4.94. The number of allylic oxidation sites excluding steroid dienone is 3. The molecule has 0 bridgehead atoms. The first-order valence-electron chi connectivity index (χ1n) is 9.40. The van der Waals surface area contributed by atoms with E-state index in [4.69, 9.17) is 0 Å². The third-order valence-electron chi connectivity index (χ3n) is 5.60. The van der Waals surface area contributed by atoms with Gasteiger partial charge in [-0.25, -0.2) is 8.42 Å². The first-order valence-corrected chi connectivity index (χ1v) is 10.8. The lowest BCUT2D eigenvalue weighted by atomic mass is 9.87. The molecule has 2 fully saturated rings. The van der Waals surface area contributed by atoms with Crippen LogP contribution in [0.15, 0.2) is 52.5 Å². The lowest BCUT2D eigenvalue weighted by Gasteiger charge is -2.23. The van der Waals surface area contributed by atoms with Crippen LogP contribution in [0.1, 0.15) is 46.6 Å². The second-order valence-electron chi connectivity index (χ2n) is 9.28. The largest absolute Gasteiger partial charge is 0.243 e. The Morgan fingerprint density at radius 1 is 1.19 bits per heavy atom. The molecule has 26 heavy (non-hydrogen) atoms. The Morgan fingerprint density at radius 3 is 2.35 bits per heavy atom. The number of benzene rings is 1. The van der Waals surface area contributed by atoms with E-state index >= 15 is 0 Å². The molecular weight excluding hydrogens is 342 g/mol. The summed E-state index contributed by atoms with van der Waals surface area (Å²) in [5, 5.41) is 0. The minimum atomic E-state index is -3.41. The molecule has 1 aliphatic heterocycles. The summed E-state index contributed by atoms with van der Waals surface area (Å²) < 4.78 is 27.8. The van der Waals surface area contributed by atoms with Gasteiger partial charge in [-0.1, -0.05) is 56.2 Å². The maximum Gasteiger partial charge on any atom is 0.243 e. The third kappa shape index (κ3) is 3.54. The second kappa shape index (κ2) is 6.35. The van der Waals surface area contributed by atoms with Crippen LogP contribution in [-0.2, 0) is 10.0 Å². The van der Waals surface area contributed by atoms with Gasteiger partial charge in [0.25, 0.3) is 0 Å². The Balaban J connectivity index is 1.87. The van der Waals surface area contributed by atoms with Crippen LogP contribution in [0.4, 0.5) is 0 Å². The van der Waals surface area contributed by atoms with Crippen molar-refractivity contribution < 1.29 is 8.42 Å². The molecule has 3 rings (SSSR count). The highest BCUT2D eigenvalue weighted by Crippen LogP contribution is 2.64. The van der Waals surface area contributed by atoms with Gasteiger partial charge in [0.05, 0.1) is 4.90 Å². The van der Waals surface area contributed by atoms with Gasteiger partial charge in [-0.2, -0.15) is 4.31 Å². The molecule has 4 heteroatoms. The zero-order chi connectivity index (χ0) is 19.3. The number of nitrogens with zero attached hydrogens (tertiary/aromatic N) is 1. The van der Waals surface area contributed by atoms with Gasteiger partial charge in [0, 0.05) is 18.5 Å². The van der Waals surface area contributed by atoms with Crippen molar-refractivity contribution >= 4 is 10.0 Å². The van der Waals surface area contributed by atoms with E-state index in [-0.39, 0.29) is 10.8 Å². The van der Waals surface area contributed by atoms with Crippen molar-refractivity contribution in [2.45, 2.75) is 52.9 Å². The van der Waals surface area contributed by atoms with Crippen LogP contribution in [0, 0.1) is 23.7 Å². The molecule has 0 N–H and O–H groups in total. The number of fused-ring (bicyclic) bond motifs is 1. The molecule has 3 nitrogen and oxygen atoms in total. The molecule has 142 valence electrons. The Hall–Kier alpha value is -1.39. The summed E-state index contributed by atoms with van der Waals surface area (Å²) in [6.07, 6.45) is 5.59. The Kier molecular flexibility index (Phi) is 4.73. The molecular formula is C22H31NO2S. The van der Waals surface area contributed by atoms with Gasteiger partial charge in [0.1, 0.15) is 0 Å². The molecule has 1 saturated heterocycles. The number of rotatable bonds is 4. The minimum absolute atomic E-state index is 0.0123. The van der Waals surface area contributed by atoms with Gasteiger partial charge in [-0.3, -0.25) is 0 Å². The summed E-state index contributed by atoms with van der Waals surface area (Å²) in [5.41, 5.74) is 3.83. The molecule has 1 aromatic rings. The van der Waals surface area contributed by atoms with Gasteiger partial charge in [0.2, 0.25) is 10.0 Å². The molecule has 2 atom stereocenters. The molecule has 2 aliphatic rings. The number of hydrogen-bond acceptors (Lipinski definition) is 2. The van der Waals surface area contributed by atoms with Crippen LogP contribution in [0.2, 0.25) is 0 Å². The fourth-order valence-electron chi connectivity index (χ4n) is 4.06. The Bertz CT molecular complexity index is 852. The molecule has 0 amide bonds. The van der Waals surface area contributed by atoms with E-state index in [1.54, 1.807) is 16.4 Å². The lowest BCUT2D eigenvalue weighted by molar-refractivity contribution is 0.422. The summed E-state index contributed by atoms with van der Waals surface area (Å²) in [5.74, 6) is 0.442. The van der Waals surface area contributed by atoms with Crippen LogP contribution in [0.5, 0.6) is 0 Å². The monoisotopic (exact) mass is 373 g/mol. The van der Waals surface area contributed by atoms with Crippen molar-refractivity contribution in [3.05, 3.63) is 53.1 Å². The van der Waals surface area contributed by atoms with Crippen LogP contribution in [-0.4, -0.2) is 25.8 Å². The van der Waals surface area contributed by atoms with E-state index in [9.17, 15) is 8.42 Å². The van der Waals surface area contributed by atoms with Crippen molar-refractivity contribution in [2.24, 2.45) is 16.7 Å². The van der Waals surface area contributed by atoms with E-state index in [2.05, 4.69) is 46.8 Å². The Morgan fingerprint density at radius 2 is 1.81 bits per heavy atom. The van der Waals surface area contributed by atoms with Crippen LogP contribution < -0.4 is 0 Å².